The highest BCUT2D eigenvalue weighted by atomic mass is 16.5. The minimum atomic E-state index is -1.18. The average molecular weight is 450 g/mol. The fourth-order valence-corrected chi connectivity index (χ4v) is 4.88. The number of benzene rings is 2. The Morgan fingerprint density at radius 2 is 1.67 bits per heavy atom. The van der Waals surface area contributed by atoms with Gasteiger partial charge < -0.3 is 18.7 Å². The molecule has 1 saturated carbocycles. The Hall–Kier alpha value is -2.47. The van der Waals surface area contributed by atoms with Crippen molar-refractivity contribution >= 4 is 0 Å². The highest BCUT2D eigenvalue weighted by molar-refractivity contribution is 5.30. The molecule has 1 aliphatic carbocycles. The van der Waals surface area contributed by atoms with Crippen molar-refractivity contribution in [3.05, 3.63) is 89.6 Å². The predicted molar refractivity (Wildman–Crippen MR) is 129 cm³/mol. The first-order valence-electron chi connectivity index (χ1n) is 12.1. The Bertz CT molecular complexity index is 981. The van der Waals surface area contributed by atoms with Gasteiger partial charge in [-0.05, 0) is 24.0 Å². The van der Waals surface area contributed by atoms with Crippen molar-refractivity contribution in [3.8, 4) is 0 Å². The van der Waals surface area contributed by atoms with Gasteiger partial charge in [0.05, 0.1) is 33.5 Å². The molecule has 0 radical (unpaired) electrons. The highest BCUT2D eigenvalue weighted by Crippen LogP contribution is 2.43. The molecule has 1 aliphatic rings. The molecule has 0 amide bonds. The second kappa shape index (κ2) is 10.6. The maximum atomic E-state index is 12.0. The van der Waals surface area contributed by atoms with Crippen molar-refractivity contribution in [2.75, 3.05) is 27.2 Å². The molecule has 1 atom stereocenters. The van der Waals surface area contributed by atoms with Crippen molar-refractivity contribution in [3.63, 3.8) is 0 Å². The van der Waals surface area contributed by atoms with Gasteiger partial charge in [-0.25, -0.2) is 4.98 Å². The summed E-state index contributed by atoms with van der Waals surface area (Å²) in [5.41, 5.74) is 0.870. The average Bonchev–Trinajstić information content (AvgIpc) is 3.31. The molecular weight excluding hydrogens is 412 g/mol. The summed E-state index contributed by atoms with van der Waals surface area (Å²) in [6.07, 6.45) is 7.28. The van der Waals surface area contributed by atoms with E-state index in [0.717, 1.165) is 48.0 Å². The summed E-state index contributed by atoms with van der Waals surface area (Å²) in [5.74, 6) is 1.34. The number of aliphatic hydroxyl groups is 1. The molecule has 0 spiro atoms. The highest BCUT2D eigenvalue weighted by Gasteiger charge is 2.44. The van der Waals surface area contributed by atoms with E-state index in [1.165, 1.54) is 12.0 Å². The molecule has 1 N–H and O–H groups in total. The van der Waals surface area contributed by atoms with Crippen LogP contribution < -0.4 is 0 Å². The lowest BCUT2D eigenvalue weighted by atomic mass is 9.73. The Morgan fingerprint density at radius 3 is 2.36 bits per heavy atom. The summed E-state index contributed by atoms with van der Waals surface area (Å²) in [6.45, 7) is 2.84. The topological polar surface area (TPSA) is 55.5 Å². The molecule has 1 fully saturated rings. The van der Waals surface area contributed by atoms with Crippen LogP contribution in [0.1, 0.15) is 54.9 Å². The van der Waals surface area contributed by atoms with E-state index in [1.807, 2.05) is 48.5 Å². The van der Waals surface area contributed by atoms with E-state index >= 15 is 0 Å². The number of rotatable bonds is 10. The molecule has 1 heterocycles. The molecule has 5 heteroatoms. The van der Waals surface area contributed by atoms with Crippen LogP contribution >= 0.6 is 0 Å². The van der Waals surface area contributed by atoms with Gasteiger partial charge in [0, 0.05) is 5.92 Å². The van der Waals surface area contributed by atoms with Gasteiger partial charge >= 0.3 is 0 Å². The summed E-state index contributed by atoms with van der Waals surface area (Å²) in [7, 11) is 4.33. The molecule has 33 heavy (non-hydrogen) atoms. The standard InChI is InChI=1S/C28H37N2O3/c1-30(2,18-19-32-22-23-12-6-3-7-13-23)21-26-20-29-27(33-26)28(31,24-14-8-4-9-15-24)25-16-10-5-11-17-25/h3-4,6-9,12-15,20,25,31H,5,10-11,16-19,21-22H2,1-2H3/q+1. The fourth-order valence-electron chi connectivity index (χ4n) is 4.88. The number of ether oxygens (including phenoxy) is 1. The van der Waals surface area contributed by atoms with Crippen LogP contribution in [0, 0.1) is 5.92 Å². The quantitative estimate of drug-likeness (QED) is 0.338. The van der Waals surface area contributed by atoms with Crippen LogP contribution in [0.25, 0.3) is 0 Å². The molecule has 1 aromatic heterocycles. The number of aromatic nitrogens is 1. The molecule has 1 unspecified atom stereocenters. The van der Waals surface area contributed by atoms with Gasteiger partial charge in [-0.2, -0.15) is 0 Å². The largest absolute Gasteiger partial charge is 0.436 e. The minimum Gasteiger partial charge on any atom is -0.436 e. The van der Waals surface area contributed by atoms with Crippen LogP contribution in [0.3, 0.4) is 0 Å². The van der Waals surface area contributed by atoms with Crippen LogP contribution in [0.5, 0.6) is 0 Å². The minimum absolute atomic E-state index is 0.119. The summed E-state index contributed by atoms with van der Waals surface area (Å²) in [4.78, 5) is 4.60. The van der Waals surface area contributed by atoms with E-state index in [9.17, 15) is 5.11 Å². The molecule has 0 bridgehead atoms. The normalized spacial score (nSPS) is 17.1. The van der Waals surface area contributed by atoms with Crippen molar-refractivity contribution in [1.82, 2.24) is 4.98 Å². The Morgan fingerprint density at radius 1 is 1.00 bits per heavy atom. The first-order chi connectivity index (χ1) is 16.0. The third kappa shape index (κ3) is 5.91. The fraction of sp³-hybridized carbons (Fsp3) is 0.464. The number of oxazole rings is 1. The summed E-state index contributed by atoms with van der Waals surface area (Å²) < 4.78 is 12.9. The zero-order valence-corrected chi connectivity index (χ0v) is 20.0. The van der Waals surface area contributed by atoms with Gasteiger partial charge in [0.1, 0.15) is 13.1 Å². The molecule has 176 valence electrons. The smallest absolute Gasteiger partial charge is 0.231 e. The molecule has 2 aromatic carbocycles. The van der Waals surface area contributed by atoms with Crippen LogP contribution in [0.4, 0.5) is 0 Å². The van der Waals surface area contributed by atoms with Gasteiger partial charge in [0.25, 0.3) is 0 Å². The van der Waals surface area contributed by atoms with Gasteiger partial charge in [0.15, 0.2) is 11.4 Å². The summed E-state index contributed by atoms with van der Waals surface area (Å²) in [5, 5.41) is 12.0. The van der Waals surface area contributed by atoms with E-state index in [-0.39, 0.29) is 5.92 Å². The zero-order valence-electron chi connectivity index (χ0n) is 20.0. The van der Waals surface area contributed by atoms with E-state index in [2.05, 4.69) is 31.2 Å². The summed E-state index contributed by atoms with van der Waals surface area (Å²) >= 11 is 0. The Balaban J connectivity index is 1.42. The molecule has 5 nitrogen and oxygen atoms in total. The van der Waals surface area contributed by atoms with E-state index < -0.39 is 5.60 Å². The van der Waals surface area contributed by atoms with E-state index in [4.69, 9.17) is 9.15 Å². The van der Waals surface area contributed by atoms with Gasteiger partial charge in [-0.3, -0.25) is 0 Å². The van der Waals surface area contributed by atoms with Gasteiger partial charge in [-0.1, -0.05) is 79.9 Å². The zero-order chi connectivity index (χ0) is 23.2. The molecule has 4 rings (SSSR count). The van der Waals surface area contributed by atoms with Crippen LogP contribution in [0.15, 0.2) is 71.3 Å². The number of hydrogen-bond donors (Lipinski definition) is 1. The first-order valence-corrected chi connectivity index (χ1v) is 12.1. The lowest BCUT2D eigenvalue weighted by molar-refractivity contribution is -0.905. The third-order valence-electron chi connectivity index (χ3n) is 6.83. The maximum Gasteiger partial charge on any atom is 0.231 e. The second-order valence-electron chi connectivity index (χ2n) is 9.95. The van der Waals surface area contributed by atoms with Crippen molar-refractivity contribution in [2.24, 2.45) is 5.92 Å². The van der Waals surface area contributed by atoms with Crippen molar-refractivity contribution in [2.45, 2.75) is 50.9 Å². The van der Waals surface area contributed by atoms with E-state index in [1.54, 1.807) is 6.20 Å². The monoisotopic (exact) mass is 449 g/mol. The SMILES string of the molecule is C[N+](C)(CCOCc1ccccc1)Cc1cnc(C(O)(c2ccccc2)C2CCCCC2)o1. The molecule has 3 aromatic rings. The number of likely N-dealkylation sites (N-methyl/N-ethyl adjacent to an activating group) is 1. The number of nitrogens with zero attached hydrogens (tertiary/aromatic N) is 2. The summed E-state index contributed by atoms with van der Waals surface area (Å²) in [6, 6.07) is 20.1. The molecule has 0 saturated heterocycles. The lowest BCUT2D eigenvalue weighted by Crippen LogP contribution is -2.41. The molecular formula is C28H37N2O3+. The van der Waals surface area contributed by atoms with Gasteiger partial charge in [-0.15, -0.1) is 0 Å². The van der Waals surface area contributed by atoms with Crippen molar-refractivity contribution in [1.29, 1.82) is 0 Å². The number of quaternary nitrogens is 1. The third-order valence-corrected chi connectivity index (χ3v) is 6.83. The number of hydrogen-bond acceptors (Lipinski definition) is 4. The predicted octanol–water partition coefficient (Wildman–Crippen LogP) is 5.28. The van der Waals surface area contributed by atoms with Crippen LogP contribution in [0.2, 0.25) is 0 Å². The van der Waals surface area contributed by atoms with Crippen molar-refractivity contribution < 1.29 is 18.7 Å². The molecule has 0 aliphatic heterocycles. The van der Waals surface area contributed by atoms with E-state index in [0.29, 0.717) is 25.6 Å². The van der Waals surface area contributed by atoms with Gasteiger partial charge in [0.2, 0.25) is 5.89 Å². The maximum absolute atomic E-state index is 12.0. The Kier molecular flexibility index (Phi) is 7.63. The second-order valence-corrected chi connectivity index (χ2v) is 9.95. The Labute approximate surface area is 197 Å². The van der Waals surface area contributed by atoms with Crippen LogP contribution in [-0.2, 0) is 23.5 Å². The van der Waals surface area contributed by atoms with Crippen LogP contribution in [-0.4, -0.2) is 41.8 Å². The lowest BCUT2D eigenvalue weighted by Gasteiger charge is -2.36. The first kappa shape index (κ1) is 23.7.